The van der Waals surface area contributed by atoms with E-state index in [4.69, 9.17) is 4.42 Å². The molecule has 0 aliphatic rings. The molecule has 3 rings (SSSR count). The Hall–Kier alpha value is -2.95. The number of nitrogens with zero attached hydrogens (tertiary/aromatic N) is 3. The highest BCUT2D eigenvalue weighted by Gasteiger charge is 2.21. The molecule has 2 heterocycles. The molecule has 0 radical (unpaired) electrons. The van der Waals surface area contributed by atoms with Gasteiger partial charge in [-0.3, -0.25) is 9.78 Å². The lowest BCUT2D eigenvalue weighted by Gasteiger charge is -2.16. The topological polar surface area (TPSA) is 59.2 Å². The van der Waals surface area contributed by atoms with Crippen LogP contribution in [0.3, 0.4) is 0 Å². The van der Waals surface area contributed by atoms with E-state index in [9.17, 15) is 4.79 Å². The van der Waals surface area contributed by atoms with Crippen molar-refractivity contribution in [3.05, 3.63) is 72.0 Å². The van der Waals surface area contributed by atoms with E-state index >= 15 is 0 Å². The largest absolute Gasteiger partial charge is 0.443 e. The predicted octanol–water partition coefficient (Wildman–Crippen LogP) is 3.36. The molecule has 0 saturated heterocycles. The van der Waals surface area contributed by atoms with E-state index in [0.717, 1.165) is 16.8 Å². The summed E-state index contributed by atoms with van der Waals surface area (Å²) in [6, 6.07) is 13.6. The van der Waals surface area contributed by atoms with Crippen molar-refractivity contribution < 1.29 is 9.21 Å². The molecule has 0 unspecified atom stereocenters. The van der Waals surface area contributed by atoms with Crippen LogP contribution >= 0.6 is 0 Å². The third-order valence-electron chi connectivity index (χ3n) is 3.86. The molecule has 0 N–H and O–H groups in total. The normalized spacial score (nSPS) is 10.6. The Balaban J connectivity index is 1.73. The lowest BCUT2D eigenvalue weighted by molar-refractivity contribution is 0.0791. The van der Waals surface area contributed by atoms with Crippen molar-refractivity contribution in [2.45, 2.75) is 13.3 Å². The highest BCUT2D eigenvalue weighted by molar-refractivity contribution is 5.97. The Labute approximate surface area is 141 Å². The minimum Gasteiger partial charge on any atom is -0.443 e. The summed E-state index contributed by atoms with van der Waals surface area (Å²) in [4.78, 5) is 22.7. The molecular formula is C19H19N3O2. The molecule has 1 amide bonds. The molecular weight excluding hydrogens is 302 g/mol. The quantitative estimate of drug-likeness (QED) is 0.723. The molecule has 0 fully saturated rings. The number of pyridine rings is 1. The molecule has 0 atom stereocenters. The smallest absolute Gasteiger partial charge is 0.276 e. The Morgan fingerprint density at radius 3 is 2.62 bits per heavy atom. The maximum absolute atomic E-state index is 12.7. The number of aryl methyl sites for hydroxylation is 1. The van der Waals surface area contributed by atoms with Gasteiger partial charge in [0.2, 0.25) is 0 Å². The molecule has 1 aromatic carbocycles. The number of rotatable bonds is 5. The van der Waals surface area contributed by atoms with Gasteiger partial charge in [0.15, 0.2) is 17.8 Å². The van der Waals surface area contributed by atoms with Crippen LogP contribution in [0, 0.1) is 6.92 Å². The van der Waals surface area contributed by atoms with Crippen molar-refractivity contribution in [2.75, 3.05) is 13.6 Å². The summed E-state index contributed by atoms with van der Waals surface area (Å²) in [6.45, 7) is 2.58. The zero-order chi connectivity index (χ0) is 16.9. The van der Waals surface area contributed by atoms with Gasteiger partial charge in [0, 0.05) is 37.5 Å². The minimum atomic E-state index is -0.157. The summed E-state index contributed by atoms with van der Waals surface area (Å²) in [7, 11) is 1.76. The van der Waals surface area contributed by atoms with Crippen LogP contribution < -0.4 is 0 Å². The summed E-state index contributed by atoms with van der Waals surface area (Å²) in [5.74, 6) is 0.347. The average molecular weight is 321 g/mol. The lowest BCUT2D eigenvalue weighted by Crippen LogP contribution is -2.29. The van der Waals surface area contributed by atoms with Gasteiger partial charge in [-0.2, -0.15) is 0 Å². The summed E-state index contributed by atoms with van der Waals surface area (Å²) < 4.78 is 5.45. The number of amides is 1. The van der Waals surface area contributed by atoms with Gasteiger partial charge in [-0.25, -0.2) is 4.98 Å². The fraction of sp³-hybridized carbons (Fsp3) is 0.211. The van der Waals surface area contributed by atoms with Crippen LogP contribution in [0.4, 0.5) is 0 Å². The molecule has 2 aromatic heterocycles. The van der Waals surface area contributed by atoms with Gasteiger partial charge in [0.05, 0.1) is 0 Å². The van der Waals surface area contributed by atoms with Crippen molar-refractivity contribution in [3.8, 4) is 11.3 Å². The van der Waals surface area contributed by atoms with Crippen molar-refractivity contribution >= 4 is 5.91 Å². The van der Waals surface area contributed by atoms with E-state index < -0.39 is 0 Å². The standard InChI is InChI=1S/C19H19N3O2/c1-14-6-8-15(9-7-14)18-17(21-13-24-18)19(23)22(2)12-10-16-5-3-4-11-20-16/h3-9,11,13H,10,12H2,1-2H3. The van der Waals surface area contributed by atoms with Gasteiger partial charge in [-0.05, 0) is 19.1 Å². The molecule has 0 saturated carbocycles. The molecule has 0 spiro atoms. The second-order valence-electron chi connectivity index (χ2n) is 5.69. The lowest BCUT2D eigenvalue weighted by atomic mass is 10.1. The Kier molecular flexibility index (Phi) is 4.70. The van der Waals surface area contributed by atoms with Crippen LogP contribution in [-0.4, -0.2) is 34.4 Å². The van der Waals surface area contributed by atoms with Gasteiger partial charge in [-0.1, -0.05) is 35.9 Å². The molecule has 0 aliphatic heterocycles. The average Bonchev–Trinajstić information content (AvgIpc) is 3.10. The summed E-state index contributed by atoms with van der Waals surface area (Å²) in [6.07, 6.45) is 3.76. The predicted molar refractivity (Wildman–Crippen MR) is 91.6 cm³/mol. The second kappa shape index (κ2) is 7.08. The molecule has 24 heavy (non-hydrogen) atoms. The van der Waals surface area contributed by atoms with Gasteiger partial charge in [0.25, 0.3) is 5.91 Å². The third-order valence-corrected chi connectivity index (χ3v) is 3.86. The molecule has 5 heteroatoms. The number of benzene rings is 1. The van der Waals surface area contributed by atoms with Gasteiger partial charge in [-0.15, -0.1) is 0 Å². The monoisotopic (exact) mass is 321 g/mol. The first-order valence-corrected chi connectivity index (χ1v) is 7.81. The Bertz CT molecular complexity index is 810. The maximum atomic E-state index is 12.7. The molecule has 0 aliphatic carbocycles. The van der Waals surface area contributed by atoms with Crippen molar-refractivity contribution in [2.24, 2.45) is 0 Å². The van der Waals surface area contributed by atoms with E-state index in [2.05, 4.69) is 9.97 Å². The minimum absolute atomic E-state index is 0.157. The molecule has 5 nitrogen and oxygen atoms in total. The second-order valence-corrected chi connectivity index (χ2v) is 5.69. The van der Waals surface area contributed by atoms with Crippen LogP contribution in [0.1, 0.15) is 21.7 Å². The number of carbonyl (C=O) groups is 1. The highest BCUT2D eigenvalue weighted by Crippen LogP contribution is 2.24. The van der Waals surface area contributed by atoms with Crippen molar-refractivity contribution in [1.29, 1.82) is 0 Å². The number of likely N-dealkylation sites (N-methyl/N-ethyl adjacent to an activating group) is 1. The van der Waals surface area contributed by atoms with Gasteiger partial charge >= 0.3 is 0 Å². The molecule has 3 aromatic rings. The van der Waals surface area contributed by atoms with Crippen molar-refractivity contribution in [1.82, 2.24) is 14.9 Å². The zero-order valence-corrected chi connectivity index (χ0v) is 13.8. The first-order valence-electron chi connectivity index (χ1n) is 7.81. The van der Waals surface area contributed by atoms with Crippen LogP contribution in [0.15, 0.2) is 59.5 Å². The number of hydrogen-bond donors (Lipinski definition) is 0. The third kappa shape index (κ3) is 3.51. The van der Waals surface area contributed by atoms with Crippen LogP contribution in [0.2, 0.25) is 0 Å². The molecule has 122 valence electrons. The summed E-state index contributed by atoms with van der Waals surface area (Å²) in [5, 5.41) is 0. The first kappa shape index (κ1) is 15.9. The number of carbonyl (C=O) groups excluding carboxylic acids is 1. The number of oxazole rings is 1. The van der Waals surface area contributed by atoms with Crippen molar-refractivity contribution in [3.63, 3.8) is 0 Å². The summed E-state index contributed by atoms with van der Waals surface area (Å²) in [5.41, 5.74) is 3.29. The van der Waals surface area contributed by atoms with Gasteiger partial charge < -0.3 is 9.32 Å². The number of hydrogen-bond acceptors (Lipinski definition) is 4. The van der Waals surface area contributed by atoms with Gasteiger partial charge in [0.1, 0.15) is 0 Å². The maximum Gasteiger partial charge on any atom is 0.276 e. The van der Waals surface area contributed by atoms with E-state index in [-0.39, 0.29) is 5.91 Å². The fourth-order valence-electron chi connectivity index (χ4n) is 2.42. The van der Waals surface area contributed by atoms with Crippen LogP contribution in [-0.2, 0) is 6.42 Å². The Morgan fingerprint density at radius 2 is 1.92 bits per heavy atom. The highest BCUT2D eigenvalue weighted by atomic mass is 16.3. The Morgan fingerprint density at radius 1 is 1.12 bits per heavy atom. The van der Waals surface area contributed by atoms with E-state index in [1.165, 1.54) is 6.39 Å². The fourth-order valence-corrected chi connectivity index (χ4v) is 2.42. The van der Waals surface area contributed by atoms with E-state index in [1.54, 1.807) is 18.1 Å². The zero-order valence-electron chi connectivity index (χ0n) is 13.8. The van der Waals surface area contributed by atoms with Crippen LogP contribution in [0.5, 0.6) is 0 Å². The SMILES string of the molecule is Cc1ccc(-c2ocnc2C(=O)N(C)CCc2ccccn2)cc1. The van der Waals surface area contributed by atoms with E-state index in [0.29, 0.717) is 24.4 Å². The summed E-state index contributed by atoms with van der Waals surface area (Å²) >= 11 is 0. The number of aromatic nitrogens is 2. The van der Waals surface area contributed by atoms with E-state index in [1.807, 2.05) is 49.4 Å². The van der Waals surface area contributed by atoms with Crippen LogP contribution in [0.25, 0.3) is 11.3 Å². The first-order chi connectivity index (χ1) is 11.6. The molecule has 0 bridgehead atoms.